The summed E-state index contributed by atoms with van der Waals surface area (Å²) in [6.45, 7) is 6.99. The quantitative estimate of drug-likeness (QED) is 0.618. The Balaban J connectivity index is 1.29. The maximum Gasteiger partial charge on any atom is 0.319 e. The maximum atomic E-state index is 12.5. The fraction of sp³-hybridized carbons (Fsp3) is 0.667. The van der Waals surface area contributed by atoms with Crippen molar-refractivity contribution in [3.8, 4) is 0 Å². The topological polar surface area (TPSA) is 78.0 Å². The normalized spacial score (nSPS) is 20.9. The van der Waals surface area contributed by atoms with Crippen molar-refractivity contribution in [1.29, 1.82) is 0 Å². The first kappa shape index (κ1) is 21.9. The molecule has 1 aliphatic carbocycles. The summed E-state index contributed by atoms with van der Waals surface area (Å²) < 4.78 is 5.86. The molecule has 0 atom stereocenters. The van der Waals surface area contributed by atoms with E-state index in [9.17, 15) is 4.79 Å². The van der Waals surface area contributed by atoms with Crippen molar-refractivity contribution in [3.05, 3.63) is 23.8 Å². The van der Waals surface area contributed by atoms with Crippen LogP contribution in [0.15, 0.2) is 23.2 Å². The molecule has 2 amide bonds. The number of likely N-dealkylation sites (tertiary alicyclic amines) is 1. The second-order valence-electron chi connectivity index (χ2n) is 9.38. The van der Waals surface area contributed by atoms with E-state index in [-0.39, 0.29) is 12.1 Å². The number of nitrogens with one attached hydrogen (secondary N) is 3. The summed E-state index contributed by atoms with van der Waals surface area (Å²) in [7, 11) is 0. The summed E-state index contributed by atoms with van der Waals surface area (Å²) in [5.41, 5.74) is 2.68. The van der Waals surface area contributed by atoms with Crippen LogP contribution in [-0.2, 0) is 11.3 Å². The molecular weight excluding hydrogens is 390 g/mol. The molecule has 1 saturated carbocycles. The van der Waals surface area contributed by atoms with Crippen LogP contribution in [0, 0.1) is 0 Å². The number of hydrogen-bond acceptors (Lipinski definition) is 5. The standard InChI is InChI=1S/C24H37N5O2/c1-17(2)29-13-11-20(12-14-29)25-23(30)26-21-9-10-22-18(15-21)16-31-24(28-22)27-19-7-5-3-4-6-8-19/h9-10,15,17,19-20H,3-8,11-14,16H2,1-2H3,(H,27,28)(H2,25,26,30). The van der Waals surface area contributed by atoms with Crippen molar-refractivity contribution in [1.82, 2.24) is 15.5 Å². The summed E-state index contributed by atoms with van der Waals surface area (Å²) in [6.07, 6.45) is 9.56. The number of ether oxygens (including phenoxy) is 1. The minimum Gasteiger partial charge on any atom is -0.460 e. The van der Waals surface area contributed by atoms with Gasteiger partial charge < -0.3 is 25.6 Å². The molecule has 1 aromatic carbocycles. The molecule has 3 N–H and O–H groups in total. The van der Waals surface area contributed by atoms with Gasteiger partial charge in [-0.25, -0.2) is 4.79 Å². The average Bonchev–Trinajstić information content (AvgIpc) is 3.03. The van der Waals surface area contributed by atoms with Crippen LogP contribution >= 0.6 is 0 Å². The number of hydrogen-bond donors (Lipinski definition) is 3. The lowest BCUT2D eigenvalue weighted by atomic mass is 10.0. The Morgan fingerprint density at radius 3 is 2.52 bits per heavy atom. The summed E-state index contributed by atoms with van der Waals surface area (Å²) in [5, 5.41) is 9.58. The van der Waals surface area contributed by atoms with E-state index in [4.69, 9.17) is 4.74 Å². The minimum atomic E-state index is -0.140. The Labute approximate surface area is 186 Å². The SMILES string of the molecule is CC(C)N1CCC(NC(=O)Nc2ccc3c(c2)COC(NC2CCCCCC2)=N3)CC1. The summed E-state index contributed by atoms with van der Waals surface area (Å²) >= 11 is 0. The molecule has 7 nitrogen and oxygen atoms in total. The number of piperidine rings is 1. The Hall–Kier alpha value is -2.28. The van der Waals surface area contributed by atoms with E-state index >= 15 is 0 Å². The largest absolute Gasteiger partial charge is 0.460 e. The van der Waals surface area contributed by atoms with Crippen LogP contribution in [0.3, 0.4) is 0 Å². The number of nitrogens with zero attached hydrogens (tertiary/aromatic N) is 2. The monoisotopic (exact) mass is 427 g/mol. The predicted molar refractivity (Wildman–Crippen MR) is 125 cm³/mol. The third-order valence-corrected chi connectivity index (χ3v) is 6.70. The second kappa shape index (κ2) is 10.4. The smallest absolute Gasteiger partial charge is 0.319 e. The molecule has 3 aliphatic rings. The molecule has 2 fully saturated rings. The molecule has 31 heavy (non-hydrogen) atoms. The lowest BCUT2D eigenvalue weighted by molar-refractivity contribution is 0.163. The number of benzene rings is 1. The van der Waals surface area contributed by atoms with Gasteiger partial charge in [-0.05, 0) is 57.7 Å². The van der Waals surface area contributed by atoms with Gasteiger partial charge in [-0.3, -0.25) is 0 Å². The van der Waals surface area contributed by atoms with Gasteiger partial charge in [-0.15, -0.1) is 0 Å². The van der Waals surface area contributed by atoms with Gasteiger partial charge in [-0.1, -0.05) is 25.7 Å². The highest BCUT2D eigenvalue weighted by molar-refractivity contribution is 5.90. The molecule has 1 aromatic rings. The van der Waals surface area contributed by atoms with Crippen LogP contribution in [0.1, 0.15) is 70.8 Å². The third-order valence-electron chi connectivity index (χ3n) is 6.70. The molecule has 1 saturated heterocycles. The number of rotatable bonds is 4. The molecule has 0 bridgehead atoms. The first-order chi connectivity index (χ1) is 15.1. The van der Waals surface area contributed by atoms with Gasteiger partial charge in [0.2, 0.25) is 0 Å². The first-order valence-electron chi connectivity index (χ1n) is 12.0. The Morgan fingerprint density at radius 1 is 1.06 bits per heavy atom. The van der Waals surface area contributed by atoms with Crippen LogP contribution in [0.2, 0.25) is 0 Å². The van der Waals surface area contributed by atoms with Gasteiger partial charge >= 0.3 is 6.03 Å². The fourth-order valence-electron chi connectivity index (χ4n) is 4.76. The summed E-state index contributed by atoms with van der Waals surface area (Å²) in [6, 6.07) is 7.59. The highest BCUT2D eigenvalue weighted by Gasteiger charge is 2.22. The molecule has 0 unspecified atom stereocenters. The lowest BCUT2D eigenvalue weighted by Gasteiger charge is -2.34. The number of carbonyl (C=O) groups excluding carboxylic acids is 1. The molecule has 2 aliphatic heterocycles. The molecule has 2 heterocycles. The van der Waals surface area contributed by atoms with Gasteiger partial charge in [0.25, 0.3) is 6.02 Å². The molecule has 0 radical (unpaired) electrons. The van der Waals surface area contributed by atoms with E-state index in [1.54, 1.807) is 0 Å². The van der Waals surface area contributed by atoms with E-state index in [1.807, 2.05) is 18.2 Å². The number of amides is 2. The van der Waals surface area contributed by atoms with Crippen LogP contribution in [0.25, 0.3) is 0 Å². The van der Waals surface area contributed by atoms with Crippen molar-refractivity contribution in [3.63, 3.8) is 0 Å². The lowest BCUT2D eigenvalue weighted by Crippen LogP contribution is -2.47. The zero-order valence-electron chi connectivity index (χ0n) is 19.0. The zero-order chi connectivity index (χ0) is 21.6. The first-order valence-corrected chi connectivity index (χ1v) is 12.0. The van der Waals surface area contributed by atoms with Crippen LogP contribution in [0.5, 0.6) is 0 Å². The van der Waals surface area contributed by atoms with Gasteiger partial charge in [-0.2, -0.15) is 4.99 Å². The maximum absolute atomic E-state index is 12.5. The van der Waals surface area contributed by atoms with Gasteiger partial charge in [0, 0.05) is 42.5 Å². The molecular formula is C24H37N5O2. The molecule has 0 spiro atoms. The molecule has 170 valence electrons. The van der Waals surface area contributed by atoms with Crippen molar-refractivity contribution >= 4 is 23.4 Å². The van der Waals surface area contributed by atoms with E-state index in [0.29, 0.717) is 24.7 Å². The number of carbonyl (C=O) groups is 1. The number of urea groups is 1. The molecule has 4 rings (SSSR count). The van der Waals surface area contributed by atoms with Crippen molar-refractivity contribution in [2.75, 3.05) is 18.4 Å². The summed E-state index contributed by atoms with van der Waals surface area (Å²) in [4.78, 5) is 19.6. The highest BCUT2D eigenvalue weighted by Crippen LogP contribution is 2.28. The van der Waals surface area contributed by atoms with E-state index in [1.165, 1.54) is 38.5 Å². The predicted octanol–water partition coefficient (Wildman–Crippen LogP) is 4.51. The van der Waals surface area contributed by atoms with Crippen LogP contribution in [-0.4, -0.2) is 48.2 Å². The summed E-state index contributed by atoms with van der Waals surface area (Å²) in [5.74, 6) is 0. The number of fused-ring (bicyclic) bond motifs is 1. The second-order valence-corrected chi connectivity index (χ2v) is 9.38. The highest BCUT2D eigenvalue weighted by atomic mass is 16.5. The Bertz CT molecular complexity index is 778. The van der Waals surface area contributed by atoms with Crippen LogP contribution in [0.4, 0.5) is 16.2 Å². The van der Waals surface area contributed by atoms with Gasteiger partial charge in [0.1, 0.15) is 6.61 Å². The molecule has 7 heteroatoms. The fourth-order valence-corrected chi connectivity index (χ4v) is 4.76. The van der Waals surface area contributed by atoms with Crippen molar-refractivity contribution in [2.45, 2.75) is 89.9 Å². The van der Waals surface area contributed by atoms with Gasteiger partial charge in [0.15, 0.2) is 0 Å². The number of anilines is 1. The minimum absolute atomic E-state index is 0.140. The Kier molecular flexibility index (Phi) is 7.33. The van der Waals surface area contributed by atoms with Gasteiger partial charge in [0.05, 0.1) is 5.69 Å². The Morgan fingerprint density at radius 2 is 1.81 bits per heavy atom. The van der Waals surface area contributed by atoms with E-state index in [0.717, 1.165) is 42.9 Å². The van der Waals surface area contributed by atoms with E-state index in [2.05, 4.69) is 39.7 Å². The van der Waals surface area contributed by atoms with Crippen molar-refractivity contribution in [2.24, 2.45) is 4.99 Å². The van der Waals surface area contributed by atoms with Crippen molar-refractivity contribution < 1.29 is 9.53 Å². The van der Waals surface area contributed by atoms with Crippen LogP contribution < -0.4 is 16.0 Å². The zero-order valence-corrected chi connectivity index (χ0v) is 19.0. The average molecular weight is 428 g/mol. The third kappa shape index (κ3) is 6.12. The number of amidine groups is 1. The number of aliphatic imine (C=N–C) groups is 1. The van der Waals surface area contributed by atoms with E-state index < -0.39 is 0 Å². The molecule has 0 aromatic heterocycles.